The van der Waals surface area contributed by atoms with Gasteiger partial charge < -0.3 is 8.85 Å². The van der Waals surface area contributed by atoms with Gasteiger partial charge in [-0.3, -0.25) is 0 Å². The molecule has 0 saturated heterocycles. The maximum absolute atomic E-state index is 6.35. The van der Waals surface area contributed by atoms with Crippen molar-refractivity contribution < 1.29 is 8.85 Å². The lowest BCUT2D eigenvalue weighted by molar-refractivity contribution is 0.205. The van der Waals surface area contributed by atoms with Gasteiger partial charge in [0.2, 0.25) is 14.3 Å². The summed E-state index contributed by atoms with van der Waals surface area (Å²) in [6.07, 6.45) is 0. The standard InChI is InChI=1S/C13H30O2Si2/c1-9-17(10-2,11-3)15-13(12(4)5)14-16(6,7)8/h9-11H2,1-8H3. The minimum Gasteiger partial charge on any atom is -0.521 e. The molecule has 0 aromatic rings. The van der Waals surface area contributed by atoms with Crippen LogP contribution in [-0.2, 0) is 8.85 Å². The van der Waals surface area contributed by atoms with Gasteiger partial charge in [-0.25, -0.2) is 0 Å². The number of hydrogen-bond acceptors (Lipinski definition) is 2. The molecule has 0 aromatic carbocycles. The fourth-order valence-corrected chi connectivity index (χ4v) is 5.12. The third-order valence-electron chi connectivity index (χ3n) is 3.05. The fourth-order valence-electron chi connectivity index (χ4n) is 1.67. The van der Waals surface area contributed by atoms with Crippen molar-refractivity contribution >= 4 is 16.6 Å². The highest BCUT2D eigenvalue weighted by Gasteiger charge is 2.33. The predicted octanol–water partition coefficient (Wildman–Crippen LogP) is 5.11. The van der Waals surface area contributed by atoms with Crippen molar-refractivity contribution in [1.82, 2.24) is 0 Å². The molecule has 0 aliphatic rings. The molecule has 0 spiro atoms. The van der Waals surface area contributed by atoms with Crippen LogP contribution in [0.2, 0.25) is 37.8 Å². The maximum Gasteiger partial charge on any atom is 0.254 e. The first-order valence-corrected chi connectivity index (χ1v) is 12.7. The summed E-state index contributed by atoms with van der Waals surface area (Å²) in [7, 11) is -3.19. The van der Waals surface area contributed by atoms with Gasteiger partial charge in [0, 0.05) is 5.57 Å². The second-order valence-corrected chi connectivity index (χ2v) is 15.0. The number of allylic oxidation sites excluding steroid dienone is 1. The van der Waals surface area contributed by atoms with Gasteiger partial charge in [-0.15, -0.1) is 0 Å². The Bertz CT molecular complexity index is 251. The molecule has 0 fully saturated rings. The Balaban J connectivity index is 4.96. The Morgan fingerprint density at radius 1 is 0.824 bits per heavy atom. The molecule has 0 rings (SSSR count). The molecule has 0 saturated carbocycles. The topological polar surface area (TPSA) is 18.5 Å². The van der Waals surface area contributed by atoms with Gasteiger partial charge in [0.25, 0.3) is 8.32 Å². The molecular formula is C13H30O2Si2. The number of rotatable bonds is 7. The Morgan fingerprint density at radius 3 is 1.47 bits per heavy atom. The van der Waals surface area contributed by atoms with E-state index in [0.29, 0.717) is 0 Å². The first-order chi connectivity index (χ1) is 7.69. The Labute approximate surface area is 110 Å². The lowest BCUT2D eigenvalue weighted by Crippen LogP contribution is -2.38. The van der Waals surface area contributed by atoms with Crippen LogP contribution in [0.5, 0.6) is 0 Å². The van der Waals surface area contributed by atoms with Crippen LogP contribution < -0.4 is 0 Å². The van der Waals surface area contributed by atoms with E-state index in [1.165, 1.54) is 5.57 Å². The molecule has 102 valence electrons. The molecule has 0 aliphatic carbocycles. The highest BCUT2D eigenvalue weighted by molar-refractivity contribution is 6.74. The van der Waals surface area contributed by atoms with Crippen LogP contribution in [0.3, 0.4) is 0 Å². The molecule has 17 heavy (non-hydrogen) atoms. The van der Waals surface area contributed by atoms with Crippen molar-refractivity contribution in [1.29, 1.82) is 0 Å². The second kappa shape index (κ2) is 6.64. The van der Waals surface area contributed by atoms with Crippen LogP contribution in [-0.4, -0.2) is 16.6 Å². The smallest absolute Gasteiger partial charge is 0.254 e. The Kier molecular flexibility index (Phi) is 6.55. The molecule has 0 heterocycles. The van der Waals surface area contributed by atoms with Gasteiger partial charge in [-0.05, 0) is 51.6 Å². The fraction of sp³-hybridized carbons (Fsp3) is 0.846. The summed E-state index contributed by atoms with van der Waals surface area (Å²) in [6, 6.07) is 3.48. The van der Waals surface area contributed by atoms with E-state index in [2.05, 4.69) is 54.3 Å². The van der Waals surface area contributed by atoms with Crippen LogP contribution in [0.25, 0.3) is 0 Å². The van der Waals surface area contributed by atoms with Crippen LogP contribution in [0, 0.1) is 0 Å². The minimum absolute atomic E-state index is 0.821. The largest absolute Gasteiger partial charge is 0.521 e. The van der Waals surface area contributed by atoms with E-state index in [4.69, 9.17) is 8.85 Å². The molecule has 0 aliphatic heterocycles. The van der Waals surface area contributed by atoms with Crippen molar-refractivity contribution in [3.8, 4) is 0 Å². The summed E-state index contributed by atoms with van der Waals surface area (Å²) in [5.74, 6) is 0.821. The summed E-state index contributed by atoms with van der Waals surface area (Å²) in [5.41, 5.74) is 1.17. The molecule has 2 nitrogen and oxygen atoms in total. The lowest BCUT2D eigenvalue weighted by atomic mass is 10.4. The number of hydrogen-bond donors (Lipinski definition) is 0. The SMILES string of the molecule is CC[Si](CC)(CC)OC(O[Si](C)(C)C)=C(C)C. The van der Waals surface area contributed by atoms with E-state index in [0.717, 1.165) is 24.1 Å². The minimum atomic E-state index is -1.60. The summed E-state index contributed by atoms with van der Waals surface area (Å²) in [5, 5.41) is 0. The summed E-state index contributed by atoms with van der Waals surface area (Å²) in [4.78, 5) is 0. The Morgan fingerprint density at radius 2 is 1.24 bits per heavy atom. The normalized spacial score (nSPS) is 12.2. The van der Waals surface area contributed by atoms with Gasteiger partial charge in [0.05, 0.1) is 0 Å². The highest BCUT2D eigenvalue weighted by Crippen LogP contribution is 2.27. The predicted molar refractivity (Wildman–Crippen MR) is 81.1 cm³/mol. The summed E-state index contributed by atoms with van der Waals surface area (Å²) in [6.45, 7) is 17.5. The van der Waals surface area contributed by atoms with Crippen molar-refractivity contribution in [2.75, 3.05) is 0 Å². The van der Waals surface area contributed by atoms with E-state index in [1.807, 2.05) is 0 Å². The van der Waals surface area contributed by atoms with Crippen molar-refractivity contribution in [3.63, 3.8) is 0 Å². The molecular weight excluding hydrogens is 244 g/mol. The quantitative estimate of drug-likeness (QED) is 0.474. The van der Waals surface area contributed by atoms with E-state index >= 15 is 0 Å². The van der Waals surface area contributed by atoms with Gasteiger partial charge >= 0.3 is 0 Å². The molecule has 0 N–H and O–H groups in total. The molecule has 0 radical (unpaired) electrons. The first kappa shape index (κ1) is 16.8. The lowest BCUT2D eigenvalue weighted by Gasteiger charge is -2.33. The van der Waals surface area contributed by atoms with E-state index in [-0.39, 0.29) is 0 Å². The van der Waals surface area contributed by atoms with Gasteiger partial charge in [0.1, 0.15) is 0 Å². The average Bonchev–Trinajstić information content (AvgIpc) is 2.23. The molecule has 4 heteroatoms. The van der Waals surface area contributed by atoms with Gasteiger partial charge in [-0.2, -0.15) is 0 Å². The van der Waals surface area contributed by atoms with Crippen molar-refractivity contribution in [2.45, 2.75) is 72.4 Å². The van der Waals surface area contributed by atoms with E-state index in [1.54, 1.807) is 0 Å². The zero-order valence-corrected chi connectivity index (χ0v) is 14.9. The molecule has 0 atom stereocenters. The maximum atomic E-state index is 6.35. The van der Waals surface area contributed by atoms with Crippen LogP contribution >= 0.6 is 0 Å². The van der Waals surface area contributed by atoms with Crippen LogP contribution in [0.1, 0.15) is 34.6 Å². The molecule has 0 aromatic heterocycles. The average molecular weight is 275 g/mol. The summed E-state index contributed by atoms with van der Waals surface area (Å²) < 4.78 is 12.4. The second-order valence-electron chi connectivity index (χ2n) is 5.85. The van der Waals surface area contributed by atoms with Gasteiger partial charge in [-0.1, -0.05) is 20.8 Å². The van der Waals surface area contributed by atoms with E-state index < -0.39 is 16.6 Å². The molecule has 0 bridgehead atoms. The summed E-state index contributed by atoms with van der Waals surface area (Å²) >= 11 is 0. The van der Waals surface area contributed by atoms with E-state index in [9.17, 15) is 0 Å². The van der Waals surface area contributed by atoms with Crippen LogP contribution in [0.4, 0.5) is 0 Å². The third-order valence-corrected chi connectivity index (χ3v) is 8.33. The van der Waals surface area contributed by atoms with Crippen molar-refractivity contribution in [3.05, 3.63) is 11.5 Å². The zero-order valence-electron chi connectivity index (χ0n) is 12.9. The highest BCUT2D eigenvalue weighted by atomic mass is 28.4. The molecule has 0 unspecified atom stereocenters. The Hall–Kier alpha value is -0.226. The molecule has 0 amide bonds. The van der Waals surface area contributed by atoms with Gasteiger partial charge in [0.15, 0.2) is 0 Å². The monoisotopic (exact) mass is 274 g/mol. The van der Waals surface area contributed by atoms with Crippen LogP contribution in [0.15, 0.2) is 11.5 Å². The third kappa shape index (κ3) is 5.77. The van der Waals surface area contributed by atoms with Crippen molar-refractivity contribution in [2.24, 2.45) is 0 Å². The first-order valence-electron chi connectivity index (χ1n) is 6.75. The zero-order chi connectivity index (χ0) is 13.7.